The number of benzene rings is 2. The molecule has 0 atom stereocenters. The fraction of sp³-hybridized carbons (Fsp3) is 0.250. The lowest BCUT2D eigenvalue weighted by Crippen LogP contribution is -2.34. The molecular formula is C20H21IN2O4. The summed E-state index contributed by atoms with van der Waals surface area (Å²) >= 11 is 2.05. The molecule has 0 fully saturated rings. The van der Waals surface area contributed by atoms with Gasteiger partial charge in [0.25, 0.3) is 11.8 Å². The number of hydrogen-bond donors (Lipinski definition) is 2. The third-order valence-electron chi connectivity index (χ3n) is 3.85. The van der Waals surface area contributed by atoms with Crippen molar-refractivity contribution in [2.75, 3.05) is 19.7 Å². The highest BCUT2D eigenvalue weighted by atomic mass is 127. The first-order chi connectivity index (χ1) is 13.0. The molecule has 2 rings (SSSR count). The molecule has 0 aliphatic heterocycles. The van der Waals surface area contributed by atoms with Crippen LogP contribution in [-0.4, -0.2) is 37.5 Å². The highest BCUT2D eigenvalue weighted by Crippen LogP contribution is 2.10. The van der Waals surface area contributed by atoms with Gasteiger partial charge in [-0.2, -0.15) is 0 Å². The van der Waals surface area contributed by atoms with Crippen LogP contribution in [-0.2, 0) is 20.7 Å². The van der Waals surface area contributed by atoms with Crippen molar-refractivity contribution in [3.8, 4) is 0 Å². The van der Waals surface area contributed by atoms with Crippen molar-refractivity contribution in [3.63, 3.8) is 0 Å². The van der Waals surface area contributed by atoms with Gasteiger partial charge < -0.3 is 15.4 Å². The molecule has 2 aromatic rings. The van der Waals surface area contributed by atoms with Crippen molar-refractivity contribution < 1.29 is 19.1 Å². The van der Waals surface area contributed by atoms with Crippen LogP contribution in [0.25, 0.3) is 0 Å². The Balaban J connectivity index is 1.65. The molecule has 2 N–H and O–H groups in total. The lowest BCUT2D eigenvalue weighted by atomic mass is 10.1. The molecule has 0 aromatic heterocycles. The Bertz CT molecular complexity index is 823. The minimum Gasteiger partial charge on any atom is -0.454 e. The number of rotatable bonds is 8. The maximum Gasteiger partial charge on any atom is 0.325 e. The van der Waals surface area contributed by atoms with Crippen LogP contribution in [0.5, 0.6) is 0 Å². The third kappa shape index (κ3) is 7.01. The summed E-state index contributed by atoms with van der Waals surface area (Å²) in [5.74, 6) is -1.40. The molecule has 27 heavy (non-hydrogen) atoms. The van der Waals surface area contributed by atoms with Crippen LogP contribution in [0.1, 0.15) is 21.5 Å². The van der Waals surface area contributed by atoms with Crippen LogP contribution in [0.3, 0.4) is 0 Å². The molecule has 142 valence electrons. The van der Waals surface area contributed by atoms with Crippen LogP contribution in [0.2, 0.25) is 0 Å². The predicted octanol–water partition coefficient (Wildman–Crippen LogP) is 2.23. The first-order valence-corrected chi connectivity index (χ1v) is 9.55. The third-order valence-corrected chi connectivity index (χ3v) is 4.79. The number of carbonyl (C=O) groups excluding carboxylic acids is 3. The van der Waals surface area contributed by atoms with E-state index in [1.54, 1.807) is 18.2 Å². The average molecular weight is 480 g/mol. The zero-order valence-corrected chi connectivity index (χ0v) is 17.1. The maximum atomic E-state index is 12.0. The summed E-state index contributed by atoms with van der Waals surface area (Å²) < 4.78 is 5.67. The first kappa shape index (κ1) is 20.9. The van der Waals surface area contributed by atoms with E-state index in [4.69, 9.17) is 4.74 Å². The van der Waals surface area contributed by atoms with Gasteiger partial charge in [0.1, 0.15) is 6.54 Å². The van der Waals surface area contributed by atoms with Gasteiger partial charge in [0.15, 0.2) is 6.61 Å². The average Bonchev–Trinajstić information content (AvgIpc) is 2.66. The lowest BCUT2D eigenvalue weighted by molar-refractivity contribution is -0.147. The van der Waals surface area contributed by atoms with E-state index in [0.717, 1.165) is 9.13 Å². The molecule has 6 nitrogen and oxygen atoms in total. The molecule has 0 bridgehead atoms. The quantitative estimate of drug-likeness (QED) is 0.449. The number of amides is 2. The van der Waals surface area contributed by atoms with E-state index in [2.05, 4.69) is 10.6 Å². The Kier molecular flexibility index (Phi) is 8.25. The number of esters is 1. The molecule has 0 heterocycles. The molecular weight excluding hydrogens is 459 g/mol. The van der Waals surface area contributed by atoms with Gasteiger partial charge in [-0.25, -0.2) is 0 Å². The van der Waals surface area contributed by atoms with E-state index in [1.165, 1.54) is 5.56 Å². The van der Waals surface area contributed by atoms with Gasteiger partial charge >= 0.3 is 5.97 Å². The topological polar surface area (TPSA) is 84.5 Å². The fourth-order valence-electron chi connectivity index (χ4n) is 2.37. The zero-order chi connectivity index (χ0) is 19.6. The summed E-state index contributed by atoms with van der Waals surface area (Å²) in [6.45, 7) is 1.82. The molecule has 2 amide bonds. The van der Waals surface area contributed by atoms with Gasteiger partial charge in [-0.3, -0.25) is 14.4 Å². The van der Waals surface area contributed by atoms with Gasteiger partial charge in [0, 0.05) is 10.1 Å². The van der Waals surface area contributed by atoms with Crippen molar-refractivity contribution in [2.45, 2.75) is 13.3 Å². The van der Waals surface area contributed by atoms with Crippen molar-refractivity contribution in [1.82, 2.24) is 10.6 Å². The summed E-state index contributed by atoms with van der Waals surface area (Å²) in [6.07, 6.45) is 0.706. The van der Waals surface area contributed by atoms with Crippen molar-refractivity contribution >= 4 is 40.4 Å². The van der Waals surface area contributed by atoms with Crippen molar-refractivity contribution in [2.24, 2.45) is 0 Å². The number of hydrogen-bond acceptors (Lipinski definition) is 4. The van der Waals surface area contributed by atoms with Gasteiger partial charge in [0.2, 0.25) is 0 Å². The van der Waals surface area contributed by atoms with E-state index in [1.807, 2.05) is 59.8 Å². The van der Waals surface area contributed by atoms with Crippen molar-refractivity contribution in [3.05, 3.63) is 68.8 Å². The number of ether oxygens (including phenoxy) is 1. The molecule has 7 heteroatoms. The van der Waals surface area contributed by atoms with Crippen LogP contribution in [0, 0.1) is 10.5 Å². The standard InChI is InChI=1S/C20H21IN2O4/c1-14-6-2-3-7-15(14)10-11-22-18(24)13-27-19(25)12-23-20(26)16-8-4-5-9-17(16)21/h2-9H,10-13H2,1H3,(H,22,24)(H,23,26). The Morgan fingerprint density at radius 3 is 2.44 bits per heavy atom. The maximum absolute atomic E-state index is 12.0. The SMILES string of the molecule is Cc1ccccc1CCNC(=O)COC(=O)CNC(=O)c1ccccc1I. The monoisotopic (exact) mass is 480 g/mol. The van der Waals surface area contributed by atoms with Gasteiger partial charge in [0.05, 0.1) is 5.56 Å². The van der Waals surface area contributed by atoms with Crippen LogP contribution in [0.15, 0.2) is 48.5 Å². The second-order valence-electron chi connectivity index (χ2n) is 5.85. The van der Waals surface area contributed by atoms with Crippen LogP contribution in [0.4, 0.5) is 0 Å². The van der Waals surface area contributed by atoms with E-state index in [0.29, 0.717) is 18.5 Å². The Morgan fingerprint density at radius 2 is 1.70 bits per heavy atom. The summed E-state index contributed by atoms with van der Waals surface area (Å²) in [5.41, 5.74) is 2.81. The second-order valence-corrected chi connectivity index (χ2v) is 7.01. The number of carbonyl (C=O) groups is 3. The molecule has 0 unspecified atom stereocenters. The number of nitrogens with one attached hydrogen (secondary N) is 2. The fourth-order valence-corrected chi connectivity index (χ4v) is 3.00. The van der Waals surface area contributed by atoms with Gasteiger partial charge in [-0.15, -0.1) is 0 Å². The van der Waals surface area contributed by atoms with Gasteiger partial charge in [-0.05, 0) is 59.2 Å². The lowest BCUT2D eigenvalue weighted by Gasteiger charge is -2.09. The minimum atomic E-state index is -0.664. The predicted molar refractivity (Wildman–Crippen MR) is 110 cm³/mol. The van der Waals surface area contributed by atoms with E-state index < -0.39 is 5.97 Å². The zero-order valence-electron chi connectivity index (χ0n) is 15.0. The molecule has 0 spiro atoms. The van der Waals surface area contributed by atoms with Crippen LogP contribution >= 0.6 is 22.6 Å². The largest absolute Gasteiger partial charge is 0.454 e. The molecule has 0 saturated heterocycles. The first-order valence-electron chi connectivity index (χ1n) is 8.47. The summed E-state index contributed by atoms with van der Waals surface area (Å²) in [4.78, 5) is 35.4. The summed E-state index contributed by atoms with van der Waals surface area (Å²) in [6, 6.07) is 15.0. The second kappa shape index (κ2) is 10.7. The number of halogens is 1. The smallest absolute Gasteiger partial charge is 0.325 e. The molecule has 0 saturated carbocycles. The molecule has 2 aromatic carbocycles. The minimum absolute atomic E-state index is 0.291. The normalized spacial score (nSPS) is 10.1. The number of aryl methyl sites for hydroxylation is 1. The summed E-state index contributed by atoms with van der Waals surface area (Å²) in [7, 11) is 0. The highest BCUT2D eigenvalue weighted by molar-refractivity contribution is 14.1. The van der Waals surface area contributed by atoms with Crippen LogP contribution < -0.4 is 10.6 Å². The van der Waals surface area contributed by atoms with E-state index in [-0.39, 0.29) is 25.0 Å². The molecule has 0 aliphatic rings. The Labute approximate surface area is 171 Å². The van der Waals surface area contributed by atoms with Gasteiger partial charge in [-0.1, -0.05) is 36.4 Å². The van der Waals surface area contributed by atoms with E-state index in [9.17, 15) is 14.4 Å². The summed E-state index contributed by atoms with van der Waals surface area (Å²) in [5, 5.41) is 5.19. The highest BCUT2D eigenvalue weighted by Gasteiger charge is 2.12. The Morgan fingerprint density at radius 1 is 1.00 bits per heavy atom. The van der Waals surface area contributed by atoms with E-state index >= 15 is 0 Å². The molecule has 0 radical (unpaired) electrons. The van der Waals surface area contributed by atoms with Crippen molar-refractivity contribution in [1.29, 1.82) is 0 Å². The Hall–Kier alpha value is -2.42. The molecule has 0 aliphatic carbocycles.